The van der Waals surface area contributed by atoms with E-state index in [1.807, 2.05) is 52.2 Å². The van der Waals surface area contributed by atoms with Gasteiger partial charge in [0, 0.05) is 50.6 Å². The van der Waals surface area contributed by atoms with Crippen molar-refractivity contribution < 1.29 is 4.79 Å². The number of amides is 1. The van der Waals surface area contributed by atoms with Crippen molar-refractivity contribution in [2.45, 2.75) is 13.1 Å². The van der Waals surface area contributed by atoms with E-state index in [4.69, 9.17) is 0 Å². The van der Waals surface area contributed by atoms with Gasteiger partial charge in [0.2, 0.25) is 5.91 Å². The maximum Gasteiger partial charge on any atom is 0.242 e. The van der Waals surface area contributed by atoms with Crippen molar-refractivity contribution in [1.82, 2.24) is 23.8 Å². The Morgan fingerprint density at radius 3 is 2.64 bits per heavy atom. The van der Waals surface area contributed by atoms with E-state index in [-0.39, 0.29) is 5.91 Å². The number of carbonyl (C=O) groups excluding carboxylic acids is 1. The molecule has 3 aromatic heterocycles. The van der Waals surface area contributed by atoms with Gasteiger partial charge >= 0.3 is 0 Å². The normalized spacial score (nSPS) is 15.5. The highest BCUT2D eigenvalue weighted by Crippen LogP contribution is 2.16. The van der Waals surface area contributed by atoms with Crippen LogP contribution in [0.4, 0.5) is 0 Å². The number of para-hydroxylation sites is 1. The Balaban J connectivity index is 1.20. The van der Waals surface area contributed by atoms with Gasteiger partial charge in [0.05, 0.1) is 11.9 Å². The fraction of sp³-hybridized carbons (Fsp3) is 0.273. The van der Waals surface area contributed by atoms with Gasteiger partial charge in [-0.05, 0) is 29.7 Å². The maximum absolute atomic E-state index is 12.8. The zero-order valence-corrected chi connectivity index (χ0v) is 15.7. The maximum atomic E-state index is 12.8. The molecule has 0 N–H and O–H groups in total. The zero-order valence-electron chi connectivity index (χ0n) is 15.7. The van der Waals surface area contributed by atoms with Gasteiger partial charge in [-0.15, -0.1) is 0 Å². The van der Waals surface area contributed by atoms with Crippen LogP contribution in [-0.2, 0) is 17.9 Å². The highest BCUT2D eigenvalue weighted by Gasteiger charge is 2.22. The number of imidazole rings is 1. The van der Waals surface area contributed by atoms with E-state index in [9.17, 15) is 4.79 Å². The molecule has 0 atom stereocenters. The van der Waals surface area contributed by atoms with Crippen molar-refractivity contribution in [3.05, 3.63) is 72.8 Å². The number of piperazine rings is 1. The topological polar surface area (TPSA) is 45.8 Å². The second-order valence-electron chi connectivity index (χ2n) is 7.34. The Morgan fingerprint density at radius 2 is 1.75 bits per heavy atom. The van der Waals surface area contributed by atoms with Crippen molar-refractivity contribution in [3.8, 4) is 0 Å². The minimum Gasteiger partial charge on any atom is -0.339 e. The quantitative estimate of drug-likeness (QED) is 0.552. The summed E-state index contributed by atoms with van der Waals surface area (Å²) in [6, 6.07) is 16.3. The summed E-state index contributed by atoms with van der Waals surface area (Å²) >= 11 is 0. The molecule has 4 aromatic rings. The predicted molar refractivity (Wildman–Crippen MR) is 109 cm³/mol. The van der Waals surface area contributed by atoms with E-state index < -0.39 is 0 Å². The summed E-state index contributed by atoms with van der Waals surface area (Å²) in [5.41, 5.74) is 3.28. The lowest BCUT2D eigenvalue weighted by atomic mass is 10.2. The second-order valence-corrected chi connectivity index (χ2v) is 7.34. The van der Waals surface area contributed by atoms with Crippen molar-refractivity contribution in [2.75, 3.05) is 26.2 Å². The molecule has 1 aliphatic rings. The Kier molecular flexibility index (Phi) is 4.33. The van der Waals surface area contributed by atoms with Crippen LogP contribution in [0.1, 0.15) is 5.69 Å². The van der Waals surface area contributed by atoms with Crippen LogP contribution in [0.2, 0.25) is 0 Å². The SMILES string of the molecule is O=C(Cn1ccc2ccccc21)N1CCN(Cc2cnc3ccccn23)CC1. The van der Waals surface area contributed by atoms with Gasteiger partial charge in [0.15, 0.2) is 0 Å². The molecule has 1 aromatic carbocycles. The summed E-state index contributed by atoms with van der Waals surface area (Å²) in [5, 5.41) is 1.17. The van der Waals surface area contributed by atoms with Crippen LogP contribution >= 0.6 is 0 Å². The lowest BCUT2D eigenvalue weighted by molar-refractivity contribution is -0.133. The minimum absolute atomic E-state index is 0.191. The molecule has 0 radical (unpaired) electrons. The van der Waals surface area contributed by atoms with E-state index in [1.54, 1.807) is 0 Å². The fourth-order valence-corrected chi connectivity index (χ4v) is 4.01. The molecular weight excluding hydrogens is 350 g/mol. The Hall–Kier alpha value is -3.12. The number of fused-ring (bicyclic) bond motifs is 2. The van der Waals surface area contributed by atoms with Gasteiger partial charge in [-0.25, -0.2) is 4.98 Å². The van der Waals surface area contributed by atoms with Crippen molar-refractivity contribution >= 4 is 22.5 Å². The van der Waals surface area contributed by atoms with Gasteiger partial charge < -0.3 is 13.9 Å². The van der Waals surface area contributed by atoms with Gasteiger partial charge in [-0.3, -0.25) is 9.69 Å². The summed E-state index contributed by atoms with van der Waals surface area (Å²) in [4.78, 5) is 21.6. The Labute approximate surface area is 163 Å². The van der Waals surface area contributed by atoms with E-state index in [0.29, 0.717) is 6.54 Å². The number of carbonyl (C=O) groups is 1. The molecule has 1 saturated heterocycles. The Bertz CT molecular complexity index is 1120. The number of nitrogens with zero attached hydrogens (tertiary/aromatic N) is 5. The molecule has 0 aliphatic carbocycles. The van der Waals surface area contributed by atoms with E-state index >= 15 is 0 Å². The molecule has 1 aliphatic heterocycles. The third-order valence-electron chi connectivity index (χ3n) is 5.59. The lowest BCUT2D eigenvalue weighted by Gasteiger charge is -2.34. The monoisotopic (exact) mass is 373 g/mol. The first-order chi connectivity index (χ1) is 13.8. The molecule has 4 heterocycles. The van der Waals surface area contributed by atoms with Crippen LogP contribution in [0.5, 0.6) is 0 Å². The van der Waals surface area contributed by atoms with Crippen LogP contribution < -0.4 is 0 Å². The molecule has 0 unspecified atom stereocenters. The van der Waals surface area contributed by atoms with Gasteiger partial charge in [-0.2, -0.15) is 0 Å². The van der Waals surface area contributed by atoms with E-state index in [2.05, 4.69) is 38.7 Å². The van der Waals surface area contributed by atoms with Crippen LogP contribution in [-0.4, -0.2) is 55.8 Å². The first kappa shape index (κ1) is 17.0. The highest BCUT2D eigenvalue weighted by molar-refractivity contribution is 5.83. The van der Waals surface area contributed by atoms with Crippen molar-refractivity contribution in [1.29, 1.82) is 0 Å². The smallest absolute Gasteiger partial charge is 0.242 e. The largest absolute Gasteiger partial charge is 0.339 e. The molecular formula is C22H23N5O. The summed E-state index contributed by atoms with van der Waals surface area (Å²) in [5.74, 6) is 0.191. The first-order valence-corrected chi connectivity index (χ1v) is 9.73. The summed E-state index contributed by atoms with van der Waals surface area (Å²) < 4.78 is 4.18. The summed E-state index contributed by atoms with van der Waals surface area (Å²) in [6.45, 7) is 4.58. The van der Waals surface area contributed by atoms with E-state index in [1.165, 1.54) is 11.1 Å². The molecule has 1 amide bonds. The standard InChI is InChI=1S/C22H23N5O/c28-22(17-26-10-8-18-5-1-2-6-20(18)26)25-13-11-24(12-14-25)16-19-15-23-21-7-3-4-9-27(19)21/h1-10,15H,11-14,16-17H2. The van der Waals surface area contributed by atoms with Gasteiger partial charge in [0.1, 0.15) is 12.2 Å². The Morgan fingerprint density at radius 1 is 0.929 bits per heavy atom. The molecule has 6 heteroatoms. The molecule has 6 nitrogen and oxygen atoms in total. The molecule has 5 rings (SSSR count). The van der Waals surface area contributed by atoms with Crippen molar-refractivity contribution in [3.63, 3.8) is 0 Å². The van der Waals surface area contributed by atoms with Crippen molar-refractivity contribution in [2.24, 2.45) is 0 Å². The third kappa shape index (κ3) is 3.16. The number of benzene rings is 1. The van der Waals surface area contributed by atoms with E-state index in [0.717, 1.165) is 43.9 Å². The molecule has 142 valence electrons. The predicted octanol–water partition coefficient (Wildman–Crippen LogP) is 2.63. The average Bonchev–Trinajstić information content (AvgIpc) is 3.33. The highest BCUT2D eigenvalue weighted by atomic mass is 16.2. The van der Waals surface area contributed by atoms with Crippen LogP contribution in [0.15, 0.2) is 67.1 Å². The zero-order chi connectivity index (χ0) is 18.9. The molecule has 28 heavy (non-hydrogen) atoms. The lowest BCUT2D eigenvalue weighted by Crippen LogP contribution is -2.49. The number of hydrogen-bond acceptors (Lipinski definition) is 3. The second kappa shape index (κ2) is 7.13. The fourth-order valence-electron chi connectivity index (χ4n) is 4.01. The molecule has 0 bridgehead atoms. The summed E-state index contributed by atoms with van der Waals surface area (Å²) in [7, 11) is 0. The molecule has 0 spiro atoms. The average molecular weight is 373 g/mol. The first-order valence-electron chi connectivity index (χ1n) is 9.73. The molecule has 0 saturated carbocycles. The van der Waals surface area contributed by atoms with Crippen LogP contribution in [0.3, 0.4) is 0 Å². The summed E-state index contributed by atoms with van der Waals surface area (Å²) in [6.07, 6.45) is 6.01. The number of pyridine rings is 1. The minimum atomic E-state index is 0.191. The number of rotatable bonds is 4. The molecule has 1 fully saturated rings. The number of aromatic nitrogens is 3. The number of hydrogen-bond donors (Lipinski definition) is 0. The van der Waals surface area contributed by atoms with Crippen LogP contribution in [0, 0.1) is 0 Å². The van der Waals surface area contributed by atoms with Gasteiger partial charge in [0.25, 0.3) is 0 Å². The van der Waals surface area contributed by atoms with Gasteiger partial charge in [-0.1, -0.05) is 24.3 Å². The third-order valence-corrected chi connectivity index (χ3v) is 5.59. The van der Waals surface area contributed by atoms with Crippen LogP contribution in [0.25, 0.3) is 16.6 Å².